The number of fused-ring (bicyclic) bond motifs is 1. The third-order valence-electron chi connectivity index (χ3n) is 5.43. The molecule has 1 atom stereocenters. The van der Waals surface area contributed by atoms with Gasteiger partial charge in [-0.15, -0.1) is 0 Å². The van der Waals surface area contributed by atoms with Gasteiger partial charge in [0.2, 0.25) is 0 Å². The van der Waals surface area contributed by atoms with Crippen LogP contribution in [0.25, 0.3) is 11.0 Å². The summed E-state index contributed by atoms with van der Waals surface area (Å²) in [5, 5.41) is 14.2. The van der Waals surface area contributed by atoms with E-state index >= 15 is 0 Å². The maximum atomic E-state index is 12.6. The number of aliphatic hydroxyl groups is 1. The quantitative estimate of drug-likeness (QED) is 0.545. The van der Waals surface area contributed by atoms with Crippen molar-refractivity contribution in [3.63, 3.8) is 0 Å². The Hall–Kier alpha value is -2.63. The summed E-state index contributed by atoms with van der Waals surface area (Å²) >= 11 is 0. The minimum absolute atomic E-state index is 0.193. The van der Waals surface area contributed by atoms with Crippen LogP contribution in [0.2, 0.25) is 0 Å². The second-order valence-electron chi connectivity index (χ2n) is 7.88. The predicted octanol–water partition coefficient (Wildman–Crippen LogP) is 3.43. The van der Waals surface area contributed by atoms with Crippen molar-refractivity contribution in [1.82, 2.24) is 5.32 Å². The first-order chi connectivity index (χ1) is 14.1. The van der Waals surface area contributed by atoms with Crippen molar-refractivity contribution in [2.24, 2.45) is 5.92 Å². The summed E-state index contributed by atoms with van der Waals surface area (Å²) in [6, 6.07) is 15.4. The molecule has 5 heteroatoms. The van der Waals surface area contributed by atoms with E-state index in [4.69, 9.17) is 9.15 Å². The van der Waals surface area contributed by atoms with Crippen LogP contribution in [0.3, 0.4) is 0 Å². The van der Waals surface area contributed by atoms with Gasteiger partial charge >= 0.3 is 5.63 Å². The molecule has 1 fully saturated rings. The molecule has 152 valence electrons. The summed E-state index contributed by atoms with van der Waals surface area (Å²) in [7, 11) is 0. The van der Waals surface area contributed by atoms with Gasteiger partial charge in [-0.05, 0) is 55.5 Å². The van der Waals surface area contributed by atoms with Crippen LogP contribution in [0.15, 0.2) is 57.7 Å². The van der Waals surface area contributed by atoms with Crippen molar-refractivity contribution < 1.29 is 14.3 Å². The first kappa shape index (κ1) is 19.7. The van der Waals surface area contributed by atoms with Crippen molar-refractivity contribution in [3.05, 3.63) is 75.6 Å². The van der Waals surface area contributed by atoms with Gasteiger partial charge in [-0.1, -0.05) is 30.3 Å². The second kappa shape index (κ2) is 8.80. The smallest absolute Gasteiger partial charge is 0.340 e. The highest BCUT2D eigenvalue weighted by Crippen LogP contribution is 2.27. The van der Waals surface area contributed by atoms with Crippen LogP contribution >= 0.6 is 0 Å². The third kappa shape index (κ3) is 5.05. The van der Waals surface area contributed by atoms with E-state index in [0.29, 0.717) is 29.9 Å². The van der Waals surface area contributed by atoms with E-state index in [1.54, 1.807) is 6.07 Å². The SMILES string of the molecule is Cc1c(Cc2ccccc2)c(=O)oc2cc(OCC(O)CNCC3CC3)ccc12. The monoisotopic (exact) mass is 393 g/mol. The van der Waals surface area contributed by atoms with Crippen molar-refractivity contribution in [2.45, 2.75) is 32.3 Å². The number of nitrogens with one attached hydrogen (secondary N) is 1. The van der Waals surface area contributed by atoms with Crippen LogP contribution in [0.4, 0.5) is 0 Å². The highest BCUT2D eigenvalue weighted by Gasteiger charge is 2.20. The van der Waals surface area contributed by atoms with E-state index in [0.717, 1.165) is 29.0 Å². The Labute approximate surface area is 170 Å². The van der Waals surface area contributed by atoms with Gasteiger partial charge in [0.05, 0.1) is 0 Å². The largest absolute Gasteiger partial charge is 0.491 e. The number of rotatable bonds is 9. The predicted molar refractivity (Wildman–Crippen MR) is 114 cm³/mol. The van der Waals surface area contributed by atoms with Crippen molar-refractivity contribution in [3.8, 4) is 5.75 Å². The molecule has 0 radical (unpaired) electrons. The number of benzene rings is 2. The van der Waals surface area contributed by atoms with Crippen molar-refractivity contribution in [1.29, 1.82) is 0 Å². The van der Waals surface area contributed by atoms with Gasteiger partial charge < -0.3 is 19.6 Å². The van der Waals surface area contributed by atoms with Crippen molar-refractivity contribution in [2.75, 3.05) is 19.7 Å². The molecule has 0 amide bonds. The fourth-order valence-corrected chi connectivity index (χ4v) is 3.50. The van der Waals surface area contributed by atoms with Gasteiger partial charge in [-0.25, -0.2) is 4.79 Å². The van der Waals surface area contributed by atoms with Crippen LogP contribution in [0.1, 0.15) is 29.5 Å². The molecule has 0 spiro atoms. The van der Waals surface area contributed by atoms with E-state index in [-0.39, 0.29) is 12.2 Å². The minimum atomic E-state index is -0.577. The fourth-order valence-electron chi connectivity index (χ4n) is 3.50. The lowest BCUT2D eigenvalue weighted by Gasteiger charge is -2.14. The molecule has 1 unspecified atom stereocenters. The summed E-state index contributed by atoms with van der Waals surface area (Å²) in [5.74, 6) is 1.36. The molecule has 4 rings (SSSR count). The minimum Gasteiger partial charge on any atom is -0.491 e. The topological polar surface area (TPSA) is 71.7 Å². The summed E-state index contributed by atoms with van der Waals surface area (Å²) in [6.07, 6.45) is 2.54. The number of hydrogen-bond acceptors (Lipinski definition) is 5. The van der Waals surface area contributed by atoms with E-state index in [1.807, 2.05) is 49.4 Å². The maximum absolute atomic E-state index is 12.6. The van der Waals surface area contributed by atoms with E-state index in [2.05, 4.69) is 5.32 Å². The average Bonchev–Trinajstić information content (AvgIpc) is 3.54. The Bertz CT molecular complexity index is 1020. The van der Waals surface area contributed by atoms with Gasteiger partial charge in [0, 0.05) is 30.0 Å². The number of aryl methyl sites for hydroxylation is 1. The standard InChI is InChI=1S/C24H27NO4/c1-16-21-10-9-20(28-15-19(26)14-25-13-18-7-8-18)12-23(21)29-24(27)22(16)11-17-5-3-2-4-6-17/h2-6,9-10,12,18-19,25-26H,7-8,11,13-15H2,1H3. The second-order valence-corrected chi connectivity index (χ2v) is 7.88. The highest BCUT2D eigenvalue weighted by atomic mass is 16.5. The van der Waals surface area contributed by atoms with Crippen LogP contribution in [-0.4, -0.2) is 30.9 Å². The molecule has 1 aromatic heterocycles. The normalized spacial score (nSPS) is 14.8. The lowest BCUT2D eigenvalue weighted by atomic mass is 10.00. The van der Waals surface area contributed by atoms with Gasteiger partial charge in [0.25, 0.3) is 0 Å². The first-order valence-corrected chi connectivity index (χ1v) is 10.2. The summed E-state index contributed by atoms with van der Waals surface area (Å²) in [5.41, 5.74) is 2.86. The summed E-state index contributed by atoms with van der Waals surface area (Å²) in [6.45, 7) is 3.62. The Morgan fingerprint density at radius 2 is 2.00 bits per heavy atom. The highest BCUT2D eigenvalue weighted by molar-refractivity contribution is 5.82. The molecule has 0 saturated heterocycles. The molecule has 0 aliphatic heterocycles. The molecule has 2 N–H and O–H groups in total. The maximum Gasteiger partial charge on any atom is 0.340 e. The molecule has 1 aliphatic rings. The lowest BCUT2D eigenvalue weighted by Crippen LogP contribution is -2.32. The summed E-state index contributed by atoms with van der Waals surface area (Å²) in [4.78, 5) is 12.6. The Morgan fingerprint density at radius 3 is 2.76 bits per heavy atom. The Kier molecular flexibility index (Phi) is 5.97. The zero-order valence-corrected chi connectivity index (χ0v) is 16.7. The first-order valence-electron chi connectivity index (χ1n) is 10.2. The lowest BCUT2D eigenvalue weighted by molar-refractivity contribution is 0.106. The molecule has 3 aromatic rings. The molecule has 2 aromatic carbocycles. The fraction of sp³-hybridized carbons (Fsp3) is 0.375. The van der Waals surface area contributed by atoms with E-state index < -0.39 is 6.10 Å². The van der Waals surface area contributed by atoms with Crippen LogP contribution in [-0.2, 0) is 6.42 Å². The van der Waals surface area contributed by atoms with Gasteiger partial charge in [0.15, 0.2) is 0 Å². The van der Waals surface area contributed by atoms with Gasteiger partial charge in [-0.3, -0.25) is 0 Å². The summed E-state index contributed by atoms with van der Waals surface area (Å²) < 4.78 is 11.3. The molecular formula is C24H27NO4. The zero-order chi connectivity index (χ0) is 20.2. The van der Waals surface area contributed by atoms with E-state index in [9.17, 15) is 9.90 Å². The van der Waals surface area contributed by atoms with Crippen LogP contribution in [0.5, 0.6) is 5.75 Å². The zero-order valence-electron chi connectivity index (χ0n) is 16.7. The number of hydrogen-bond donors (Lipinski definition) is 2. The van der Waals surface area contributed by atoms with Gasteiger partial charge in [0.1, 0.15) is 24.0 Å². The molecule has 1 heterocycles. The molecular weight excluding hydrogens is 366 g/mol. The van der Waals surface area contributed by atoms with Gasteiger partial charge in [-0.2, -0.15) is 0 Å². The van der Waals surface area contributed by atoms with Crippen LogP contribution < -0.4 is 15.7 Å². The number of aliphatic hydroxyl groups excluding tert-OH is 1. The molecule has 29 heavy (non-hydrogen) atoms. The van der Waals surface area contributed by atoms with Crippen LogP contribution in [0, 0.1) is 12.8 Å². The molecule has 1 saturated carbocycles. The van der Waals surface area contributed by atoms with Crippen molar-refractivity contribution >= 4 is 11.0 Å². The average molecular weight is 393 g/mol. The third-order valence-corrected chi connectivity index (χ3v) is 5.43. The molecule has 5 nitrogen and oxygen atoms in total. The molecule has 0 bridgehead atoms. The Balaban J connectivity index is 1.44. The number of ether oxygens (including phenoxy) is 1. The van der Waals surface area contributed by atoms with E-state index in [1.165, 1.54) is 12.8 Å². The molecule has 1 aliphatic carbocycles. The Morgan fingerprint density at radius 1 is 1.21 bits per heavy atom.